The molecule has 1 aromatic carbocycles. The summed E-state index contributed by atoms with van der Waals surface area (Å²) in [6, 6.07) is 7.76. The summed E-state index contributed by atoms with van der Waals surface area (Å²) in [6.45, 7) is 8.42. The van der Waals surface area contributed by atoms with E-state index in [1.165, 1.54) is 56.9 Å². The molecule has 0 aliphatic carbocycles. The van der Waals surface area contributed by atoms with Crippen molar-refractivity contribution in [2.24, 2.45) is 0 Å². The maximum absolute atomic E-state index is 10.6. The summed E-state index contributed by atoms with van der Waals surface area (Å²) in [4.78, 5) is 0. The summed E-state index contributed by atoms with van der Waals surface area (Å²) < 4.78 is 0. The third kappa shape index (κ3) is 10.1. The second-order valence-electron chi connectivity index (χ2n) is 7.73. The fourth-order valence-electron chi connectivity index (χ4n) is 3.32. The van der Waals surface area contributed by atoms with E-state index < -0.39 is 6.10 Å². The van der Waals surface area contributed by atoms with Gasteiger partial charge in [-0.3, -0.25) is 0 Å². The lowest BCUT2D eigenvalue weighted by molar-refractivity contribution is 0.219. The van der Waals surface area contributed by atoms with Gasteiger partial charge in [-0.25, -0.2) is 0 Å². The van der Waals surface area contributed by atoms with Crippen LogP contribution in [0, 0.1) is 0 Å². The third-order valence-corrected chi connectivity index (χ3v) is 5.23. The molecular weight excluding hydrogens is 344 g/mol. The molecule has 0 amide bonds. The minimum absolute atomic E-state index is 0.142. The number of aliphatic hydroxyl groups excluding tert-OH is 2. The first-order valence-electron chi connectivity index (χ1n) is 11.0. The van der Waals surface area contributed by atoms with E-state index in [1.54, 1.807) is 6.08 Å². The molecule has 0 aromatic heterocycles. The van der Waals surface area contributed by atoms with Crippen molar-refractivity contribution in [2.45, 2.75) is 84.2 Å². The molecule has 1 rings (SSSR count). The monoisotopic (exact) mass is 384 g/mol. The predicted octanol–water partition coefficient (Wildman–Crippen LogP) is 6.84. The van der Waals surface area contributed by atoms with Gasteiger partial charge in [0.05, 0.1) is 0 Å². The molecule has 1 unspecified atom stereocenters. The molecule has 2 heteroatoms. The summed E-state index contributed by atoms with van der Waals surface area (Å²) in [7, 11) is 0. The zero-order chi connectivity index (χ0) is 20.6. The van der Waals surface area contributed by atoms with Crippen LogP contribution in [0.4, 0.5) is 0 Å². The third-order valence-electron chi connectivity index (χ3n) is 5.23. The molecule has 0 radical (unpaired) electrons. The van der Waals surface area contributed by atoms with Crippen LogP contribution in [-0.4, -0.2) is 16.8 Å². The van der Waals surface area contributed by atoms with Crippen molar-refractivity contribution in [3.8, 4) is 0 Å². The van der Waals surface area contributed by atoms with Gasteiger partial charge in [0.2, 0.25) is 0 Å². The average molecular weight is 385 g/mol. The van der Waals surface area contributed by atoms with Crippen LogP contribution >= 0.6 is 0 Å². The van der Waals surface area contributed by atoms with Crippen LogP contribution in [0.15, 0.2) is 60.2 Å². The van der Waals surface area contributed by atoms with Gasteiger partial charge in [0.15, 0.2) is 0 Å². The molecule has 1 atom stereocenters. The molecule has 0 saturated carbocycles. The molecule has 1 aromatic rings. The van der Waals surface area contributed by atoms with E-state index in [2.05, 4.69) is 26.5 Å². The van der Waals surface area contributed by atoms with Gasteiger partial charge in [0, 0.05) is 6.61 Å². The molecule has 0 bridgehead atoms. The highest BCUT2D eigenvalue weighted by atomic mass is 16.3. The van der Waals surface area contributed by atoms with Crippen molar-refractivity contribution in [1.29, 1.82) is 0 Å². The van der Waals surface area contributed by atoms with Crippen molar-refractivity contribution in [1.82, 2.24) is 0 Å². The normalized spacial score (nSPS) is 13.6. The highest BCUT2D eigenvalue weighted by Gasteiger charge is 2.10. The van der Waals surface area contributed by atoms with Gasteiger partial charge in [0.25, 0.3) is 0 Å². The quantitative estimate of drug-likeness (QED) is 0.256. The molecule has 0 aliphatic heterocycles. The Bertz CT molecular complexity index is 595. The van der Waals surface area contributed by atoms with E-state index in [4.69, 9.17) is 5.11 Å². The highest BCUT2D eigenvalue weighted by molar-refractivity contribution is 5.35. The molecule has 28 heavy (non-hydrogen) atoms. The number of aliphatic hydroxyl groups is 2. The molecule has 156 valence electrons. The molecule has 2 nitrogen and oxygen atoms in total. The lowest BCUT2D eigenvalue weighted by Crippen LogP contribution is -2.00. The van der Waals surface area contributed by atoms with Gasteiger partial charge < -0.3 is 10.2 Å². The minimum Gasteiger partial charge on any atom is -0.396 e. The molecule has 2 N–H and O–H groups in total. The van der Waals surface area contributed by atoms with E-state index in [1.807, 2.05) is 30.3 Å². The Kier molecular flexibility index (Phi) is 13.3. The van der Waals surface area contributed by atoms with Crippen molar-refractivity contribution >= 4 is 0 Å². The first-order chi connectivity index (χ1) is 13.6. The second kappa shape index (κ2) is 15.3. The SMILES string of the molecule is C=C/C(=C\C=C(/C)CCCCCCCCCC)C(O)c1ccc(CCO)cc1. The van der Waals surface area contributed by atoms with Gasteiger partial charge >= 0.3 is 0 Å². The van der Waals surface area contributed by atoms with E-state index in [0.717, 1.165) is 23.1 Å². The molecule has 0 heterocycles. The molecule has 0 fully saturated rings. The Balaban J connectivity index is 2.45. The lowest BCUT2D eigenvalue weighted by atomic mass is 9.98. The Morgan fingerprint density at radius 3 is 2.14 bits per heavy atom. The smallest absolute Gasteiger partial charge is 0.104 e. The Hall–Kier alpha value is -1.64. The van der Waals surface area contributed by atoms with Crippen LogP contribution in [0.25, 0.3) is 0 Å². The number of hydrogen-bond acceptors (Lipinski definition) is 2. The number of allylic oxidation sites excluding steroid dienone is 3. The Morgan fingerprint density at radius 2 is 1.57 bits per heavy atom. The van der Waals surface area contributed by atoms with Crippen LogP contribution in [-0.2, 0) is 6.42 Å². The van der Waals surface area contributed by atoms with Crippen LogP contribution in [0.3, 0.4) is 0 Å². The summed E-state index contributed by atoms with van der Waals surface area (Å²) in [5.74, 6) is 0. The Labute approximate surface area is 172 Å². The zero-order valence-electron chi connectivity index (χ0n) is 18.0. The van der Waals surface area contributed by atoms with Crippen molar-refractivity contribution in [3.63, 3.8) is 0 Å². The number of rotatable bonds is 15. The van der Waals surface area contributed by atoms with Crippen molar-refractivity contribution < 1.29 is 10.2 Å². The number of hydrogen-bond donors (Lipinski definition) is 2. The fourth-order valence-corrected chi connectivity index (χ4v) is 3.32. The van der Waals surface area contributed by atoms with Crippen LogP contribution in [0.2, 0.25) is 0 Å². The van der Waals surface area contributed by atoms with E-state index in [-0.39, 0.29) is 6.61 Å². The molecule has 0 spiro atoms. The van der Waals surface area contributed by atoms with Crippen LogP contribution in [0.1, 0.15) is 88.9 Å². The van der Waals surface area contributed by atoms with Crippen LogP contribution < -0.4 is 0 Å². The second-order valence-corrected chi connectivity index (χ2v) is 7.73. The first-order valence-corrected chi connectivity index (χ1v) is 11.0. The van der Waals surface area contributed by atoms with Gasteiger partial charge in [-0.05, 0) is 42.9 Å². The van der Waals surface area contributed by atoms with Gasteiger partial charge in [-0.2, -0.15) is 0 Å². The average Bonchev–Trinajstić information content (AvgIpc) is 2.71. The number of unbranched alkanes of at least 4 members (excludes halogenated alkanes) is 7. The van der Waals surface area contributed by atoms with E-state index in [9.17, 15) is 5.11 Å². The lowest BCUT2D eigenvalue weighted by Gasteiger charge is -2.13. The van der Waals surface area contributed by atoms with Gasteiger partial charge in [0.1, 0.15) is 6.10 Å². The first kappa shape index (κ1) is 24.4. The molecule has 0 aliphatic rings. The number of benzene rings is 1. The fraction of sp³-hybridized carbons (Fsp3) is 0.538. The van der Waals surface area contributed by atoms with E-state index in [0.29, 0.717) is 6.42 Å². The van der Waals surface area contributed by atoms with Crippen molar-refractivity contribution in [2.75, 3.05) is 6.61 Å². The summed E-state index contributed by atoms with van der Waals surface area (Å²) in [5.41, 5.74) is 4.08. The summed E-state index contributed by atoms with van der Waals surface area (Å²) >= 11 is 0. The topological polar surface area (TPSA) is 40.5 Å². The van der Waals surface area contributed by atoms with Crippen LogP contribution in [0.5, 0.6) is 0 Å². The maximum atomic E-state index is 10.6. The largest absolute Gasteiger partial charge is 0.396 e. The minimum atomic E-state index is -0.673. The zero-order valence-corrected chi connectivity index (χ0v) is 18.0. The van der Waals surface area contributed by atoms with Gasteiger partial charge in [-0.15, -0.1) is 0 Å². The molecule has 0 saturated heterocycles. The Morgan fingerprint density at radius 1 is 0.964 bits per heavy atom. The van der Waals surface area contributed by atoms with E-state index >= 15 is 0 Å². The predicted molar refractivity (Wildman–Crippen MR) is 121 cm³/mol. The maximum Gasteiger partial charge on any atom is 0.104 e. The summed E-state index contributed by atoms with van der Waals surface area (Å²) in [6.07, 6.45) is 17.6. The van der Waals surface area contributed by atoms with Crippen molar-refractivity contribution in [3.05, 3.63) is 71.3 Å². The highest BCUT2D eigenvalue weighted by Crippen LogP contribution is 2.23. The standard InChI is InChI=1S/C26H40O2/c1-4-6-7-8-9-10-11-12-13-22(3)14-17-24(5-2)26(28)25-18-15-23(16-19-25)20-21-27/h5,14-19,26-28H,2,4,6-13,20-21H2,1,3H3/b22-14+,24-17+. The summed E-state index contributed by atoms with van der Waals surface area (Å²) in [5, 5.41) is 19.6. The molecular formula is C26H40O2. The van der Waals surface area contributed by atoms with Gasteiger partial charge in [-0.1, -0.05) is 107 Å².